The summed E-state index contributed by atoms with van der Waals surface area (Å²) in [5, 5.41) is 0. The van der Waals surface area contributed by atoms with Crippen LogP contribution in [0.2, 0.25) is 0 Å². The Morgan fingerprint density at radius 3 is 2.41 bits per heavy atom. The van der Waals surface area contributed by atoms with Crippen LogP contribution in [-0.2, 0) is 9.59 Å². The van der Waals surface area contributed by atoms with E-state index in [4.69, 9.17) is 0 Å². The van der Waals surface area contributed by atoms with Gasteiger partial charge in [0.15, 0.2) is 0 Å². The maximum Gasteiger partial charge on any atom is 0.573 e. The molecule has 2 saturated heterocycles. The number of carbonyl (C=O) groups excluding carboxylic acids is 2. The summed E-state index contributed by atoms with van der Waals surface area (Å²) in [4.78, 5) is 35.4. The lowest BCUT2D eigenvalue weighted by molar-refractivity contribution is -0.274. The van der Waals surface area contributed by atoms with Crippen LogP contribution >= 0.6 is 0 Å². The van der Waals surface area contributed by atoms with E-state index in [1.165, 1.54) is 18.2 Å². The summed E-state index contributed by atoms with van der Waals surface area (Å²) in [6.07, 6.45) is -1.03. The molecule has 0 bridgehead atoms. The number of anilines is 1. The van der Waals surface area contributed by atoms with Crippen molar-refractivity contribution in [3.05, 3.63) is 60.8 Å². The first-order valence-corrected chi connectivity index (χ1v) is 12.1. The molecule has 37 heavy (non-hydrogen) atoms. The van der Waals surface area contributed by atoms with Crippen molar-refractivity contribution in [2.45, 2.75) is 32.7 Å². The summed E-state index contributed by atoms with van der Waals surface area (Å²) in [5.74, 6) is -0.388. The smallest absolute Gasteiger partial charge is 0.406 e. The van der Waals surface area contributed by atoms with Crippen LogP contribution in [0.5, 0.6) is 5.75 Å². The molecular formula is C27H29F3N4O3. The van der Waals surface area contributed by atoms with Crippen LogP contribution in [0.3, 0.4) is 0 Å². The van der Waals surface area contributed by atoms with Crippen LogP contribution in [0.1, 0.15) is 20.3 Å². The van der Waals surface area contributed by atoms with Crippen molar-refractivity contribution in [3.8, 4) is 16.9 Å². The number of allylic oxidation sites excluding steroid dienone is 1. The van der Waals surface area contributed by atoms with Gasteiger partial charge in [-0.25, -0.2) is 0 Å². The van der Waals surface area contributed by atoms with E-state index >= 15 is 0 Å². The maximum atomic E-state index is 12.9. The molecule has 0 N–H and O–H groups in total. The Hall–Kier alpha value is -3.66. The van der Waals surface area contributed by atoms with Crippen molar-refractivity contribution in [3.63, 3.8) is 0 Å². The van der Waals surface area contributed by atoms with Gasteiger partial charge >= 0.3 is 6.36 Å². The third-order valence-electron chi connectivity index (χ3n) is 6.51. The number of rotatable bonds is 6. The molecule has 2 fully saturated rings. The number of amides is 2. The van der Waals surface area contributed by atoms with E-state index in [0.717, 1.165) is 0 Å². The van der Waals surface area contributed by atoms with E-state index in [9.17, 15) is 22.8 Å². The highest BCUT2D eigenvalue weighted by atomic mass is 19.4. The second-order valence-electron chi connectivity index (χ2n) is 9.01. The van der Waals surface area contributed by atoms with Crippen LogP contribution in [0.15, 0.2) is 65.8 Å². The third-order valence-corrected chi connectivity index (χ3v) is 6.51. The fraction of sp³-hybridized carbons (Fsp3) is 0.370. The van der Waals surface area contributed by atoms with Gasteiger partial charge in [-0.2, -0.15) is 0 Å². The van der Waals surface area contributed by atoms with Gasteiger partial charge in [-0.1, -0.05) is 30.3 Å². The van der Waals surface area contributed by atoms with Crippen molar-refractivity contribution < 1.29 is 27.5 Å². The zero-order valence-corrected chi connectivity index (χ0v) is 20.7. The Balaban J connectivity index is 1.41. The van der Waals surface area contributed by atoms with Crippen LogP contribution in [0.4, 0.5) is 18.9 Å². The molecule has 0 aromatic heterocycles. The minimum Gasteiger partial charge on any atom is -0.406 e. The molecule has 7 nitrogen and oxygen atoms in total. The molecule has 2 heterocycles. The largest absolute Gasteiger partial charge is 0.573 e. The molecular weight excluding hydrogens is 485 g/mol. The highest BCUT2D eigenvalue weighted by Gasteiger charge is 2.36. The summed E-state index contributed by atoms with van der Waals surface area (Å²) in [7, 11) is 0. The molecule has 2 aliphatic rings. The van der Waals surface area contributed by atoms with Gasteiger partial charge in [0.2, 0.25) is 5.91 Å². The minimum atomic E-state index is -4.77. The summed E-state index contributed by atoms with van der Waals surface area (Å²) in [6.45, 7) is 6.52. The molecule has 1 unspecified atom stereocenters. The van der Waals surface area contributed by atoms with Gasteiger partial charge in [0.05, 0.1) is 0 Å². The quantitative estimate of drug-likeness (QED) is 0.533. The number of aliphatic imine (C=N–C) groups is 1. The molecule has 2 aromatic carbocycles. The van der Waals surface area contributed by atoms with Crippen LogP contribution < -0.4 is 9.64 Å². The predicted molar refractivity (Wildman–Crippen MR) is 135 cm³/mol. The molecule has 4 rings (SSSR count). The summed E-state index contributed by atoms with van der Waals surface area (Å²) < 4.78 is 41.9. The summed E-state index contributed by atoms with van der Waals surface area (Å²) >= 11 is 0. The Labute approximate surface area is 213 Å². The number of piperazine rings is 1. The first-order chi connectivity index (χ1) is 17.6. The van der Waals surface area contributed by atoms with Crippen molar-refractivity contribution in [2.24, 2.45) is 4.99 Å². The molecule has 0 spiro atoms. The fourth-order valence-corrected chi connectivity index (χ4v) is 4.67. The molecule has 2 aromatic rings. The molecule has 2 aliphatic heterocycles. The zero-order chi connectivity index (χ0) is 26.6. The lowest BCUT2D eigenvalue weighted by Crippen LogP contribution is -2.53. The van der Waals surface area contributed by atoms with E-state index in [-0.39, 0.29) is 23.6 Å². The Kier molecular flexibility index (Phi) is 7.97. The summed E-state index contributed by atoms with van der Waals surface area (Å²) in [6, 6.07) is 13.0. The normalized spacial score (nSPS) is 19.6. The number of hydrogen-bond acceptors (Lipinski definition) is 5. The average Bonchev–Trinajstić information content (AvgIpc) is 3.27. The zero-order valence-electron chi connectivity index (χ0n) is 20.7. The molecule has 0 saturated carbocycles. The second-order valence-corrected chi connectivity index (χ2v) is 9.01. The number of alkyl halides is 3. The Morgan fingerprint density at radius 2 is 1.73 bits per heavy atom. The SMILES string of the molecule is C/C=C\N=C(C)C(=O)N1CCN(C2CC(=O)N(c3cccc(-c4cccc(OC(F)(F)F)c4)c3)C2)CC1. The van der Waals surface area contributed by atoms with Gasteiger partial charge in [-0.15, -0.1) is 13.2 Å². The Morgan fingerprint density at radius 1 is 1.05 bits per heavy atom. The van der Waals surface area contributed by atoms with Gasteiger partial charge < -0.3 is 14.5 Å². The van der Waals surface area contributed by atoms with Crippen molar-refractivity contribution in [1.82, 2.24) is 9.80 Å². The lowest BCUT2D eigenvalue weighted by Gasteiger charge is -2.37. The van der Waals surface area contributed by atoms with Crippen molar-refractivity contribution in [1.29, 1.82) is 0 Å². The van der Waals surface area contributed by atoms with Gasteiger partial charge in [-0.05, 0) is 49.2 Å². The van der Waals surface area contributed by atoms with E-state index in [0.29, 0.717) is 61.7 Å². The Bertz CT molecular complexity index is 1200. The number of halogens is 3. The van der Waals surface area contributed by atoms with E-state index in [1.54, 1.807) is 53.3 Å². The predicted octanol–water partition coefficient (Wildman–Crippen LogP) is 4.50. The fourth-order valence-electron chi connectivity index (χ4n) is 4.67. The number of hydrogen-bond donors (Lipinski definition) is 0. The minimum absolute atomic E-state index is 0.0101. The topological polar surface area (TPSA) is 65.5 Å². The van der Waals surface area contributed by atoms with Crippen LogP contribution in [-0.4, -0.2) is 72.5 Å². The molecule has 10 heteroatoms. The first-order valence-electron chi connectivity index (χ1n) is 12.1. The lowest BCUT2D eigenvalue weighted by atomic mass is 10.0. The van der Waals surface area contributed by atoms with E-state index in [1.807, 2.05) is 13.0 Å². The highest BCUT2D eigenvalue weighted by Crippen LogP contribution is 2.32. The average molecular weight is 515 g/mol. The summed E-state index contributed by atoms with van der Waals surface area (Å²) in [5.41, 5.74) is 2.38. The van der Waals surface area contributed by atoms with Crippen LogP contribution in [0, 0.1) is 0 Å². The molecule has 2 amide bonds. The van der Waals surface area contributed by atoms with Crippen molar-refractivity contribution in [2.75, 3.05) is 37.6 Å². The number of carbonyl (C=O) groups is 2. The van der Waals surface area contributed by atoms with Gasteiger partial charge in [-0.3, -0.25) is 19.5 Å². The standard InChI is InChI=1S/C27H29F3N4O3/c1-3-10-31-19(2)26(36)33-13-11-32(12-14-33)23-17-25(35)34(18-23)22-8-4-6-20(15-22)21-7-5-9-24(16-21)37-27(28,29)30/h3-10,15-16,23H,11-14,17-18H2,1-2H3/b10-3-,31-19?. The second kappa shape index (κ2) is 11.2. The van der Waals surface area contributed by atoms with Gasteiger partial charge in [0.25, 0.3) is 5.91 Å². The maximum absolute atomic E-state index is 12.9. The van der Waals surface area contributed by atoms with Gasteiger partial charge in [0, 0.05) is 57.1 Å². The van der Waals surface area contributed by atoms with Gasteiger partial charge in [0.1, 0.15) is 11.5 Å². The van der Waals surface area contributed by atoms with E-state index < -0.39 is 6.36 Å². The molecule has 0 aliphatic carbocycles. The number of ether oxygens (including phenoxy) is 1. The van der Waals surface area contributed by atoms with E-state index in [2.05, 4.69) is 14.6 Å². The third kappa shape index (κ3) is 6.56. The number of nitrogens with zero attached hydrogens (tertiary/aromatic N) is 4. The molecule has 1 atom stereocenters. The highest BCUT2D eigenvalue weighted by molar-refractivity contribution is 6.38. The molecule has 196 valence electrons. The first kappa shape index (κ1) is 26.4. The monoisotopic (exact) mass is 514 g/mol. The molecule has 0 radical (unpaired) electrons. The van der Waals surface area contributed by atoms with Crippen molar-refractivity contribution >= 4 is 23.2 Å². The number of benzene rings is 2. The van der Waals surface area contributed by atoms with Crippen LogP contribution in [0.25, 0.3) is 11.1 Å².